The van der Waals surface area contributed by atoms with Gasteiger partial charge in [0.2, 0.25) is 0 Å². The number of nitrogens with one attached hydrogen (secondary N) is 1. The number of amides is 1. The van der Waals surface area contributed by atoms with Crippen LogP contribution in [-0.4, -0.2) is 17.0 Å². The van der Waals surface area contributed by atoms with E-state index in [1.54, 1.807) is 0 Å². The van der Waals surface area contributed by atoms with Gasteiger partial charge in [0.1, 0.15) is 5.69 Å². The van der Waals surface area contributed by atoms with Crippen molar-refractivity contribution in [2.45, 2.75) is 19.4 Å². The Morgan fingerprint density at radius 2 is 1.95 bits per heavy atom. The van der Waals surface area contributed by atoms with E-state index in [4.69, 9.17) is 5.73 Å². The largest absolute Gasteiger partial charge is 0.351 e. The molecule has 1 amide bonds. The Balaban J connectivity index is 1.84. The maximum Gasteiger partial charge on any atom is 0.267 e. The van der Waals surface area contributed by atoms with Crippen molar-refractivity contribution in [1.29, 1.82) is 0 Å². The second-order valence-corrected chi connectivity index (χ2v) is 4.98. The van der Waals surface area contributed by atoms with E-state index < -0.39 is 0 Å². The van der Waals surface area contributed by atoms with Crippen LogP contribution < -0.4 is 11.1 Å². The zero-order valence-electron chi connectivity index (χ0n) is 12.0. The summed E-state index contributed by atoms with van der Waals surface area (Å²) in [6, 6.07) is 13.6. The van der Waals surface area contributed by atoms with E-state index >= 15 is 0 Å². The van der Waals surface area contributed by atoms with Crippen LogP contribution in [0, 0.1) is 6.92 Å². The van der Waals surface area contributed by atoms with Crippen molar-refractivity contribution in [2.24, 2.45) is 12.8 Å². The summed E-state index contributed by atoms with van der Waals surface area (Å²) >= 11 is 0. The lowest BCUT2D eigenvalue weighted by atomic mass is 10.1. The highest BCUT2D eigenvalue weighted by atomic mass is 16.1. The smallest absolute Gasteiger partial charge is 0.267 e. The summed E-state index contributed by atoms with van der Waals surface area (Å²) in [5, 5.41) is 2.91. The van der Waals surface area contributed by atoms with Crippen molar-refractivity contribution in [3.63, 3.8) is 0 Å². The zero-order chi connectivity index (χ0) is 14.5. The Hall–Kier alpha value is -2.07. The van der Waals surface area contributed by atoms with Gasteiger partial charge >= 0.3 is 0 Å². The topological polar surface area (TPSA) is 60.1 Å². The summed E-state index contributed by atoms with van der Waals surface area (Å²) in [4.78, 5) is 12.0. The molecule has 0 aliphatic heterocycles. The lowest BCUT2D eigenvalue weighted by Gasteiger charge is -2.13. The van der Waals surface area contributed by atoms with Gasteiger partial charge in [-0.15, -0.1) is 0 Å². The van der Waals surface area contributed by atoms with E-state index in [0.29, 0.717) is 12.2 Å². The molecule has 0 saturated carbocycles. The predicted molar refractivity (Wildman–Crippen MR) is 80.5 cm³/mol. The molecule has 4 nitrogen and oxygen atoms in total. The van der Waals surface area contributed by atoms with Crippen LogP contribution in [-0.2, 0) is 7.05 Å². The van der Waals surface area contributed by atoms with Gasteiger partial charge in [-0.3, -0.25) is 4.79 Å². The quantitative estimate of drug-likeness (QED) is 0.875. The first-order valence-electron chi connectivity index (χ1n) is 6.80. The third-order valence-corrected chi connectivity index (χ3v) is 3.57. The molecule has 0 saturated heterocycles. The lowest BCUT2D eigenvalue weighted by Crippen LogP contribution is -2.28. The first-order valence-corrected chi connectivity index (χ1v) is 6.80. The molecule has 4 heteroatoms. The standard InChI is InChI=1S/C16H21N3O/c1-12-8-9-15(19(12)2)16(20)18-11-10-14(17)13-6-4-3-5-7-13/h3-9,14H,10-11,17H2,1-2H3,(H,18,20). The molecule has 106 valence electrons. The average Bonchev–Trinajstić information content (AvgIpc) is 2.80. The number of carbonyl (C=O) groups is 1. The predicted octanol–water partition coefficient (Wildman–Crippen LogP) is 2.15. The van der Waals surface area contributed by atoms with Crippen molar-refractivity contribution >= 4 is 5.91 Å². The minimum atomic E-state index is -0.0548. The van der Waals surface area contributed by atoms with Crippen LogP contribution in [0.25, 0.3) is 0 Å². The highest BCUT2D eigenvalue weighted by Crippen LogP contribution is 2.12. The third kappa shape index (κ3) is 3.27. The van der Waals surface area contributed by atoms with E-state index in [2.05, 4.69) is 5.32 Å². The van der Waals surface area contributed by atoms with Crippen LogP contribution in [0.4, 0.5) is 0 Å². The van der Waals surface area contributed by atoms with Gasteiger partial charge in [0, 0.05) is 25.3 Å². The molecule has 1 aromatic heterocycles. The number of carbonyl (C=O) groups excluding carboxylic acids is 1. The van der Waals surface area contributed by atoms with E-state index in [9.17, 15) is 4.79 Å². The summed E-state index contributed by atoms with van der Waals surface area (Å²) in [7, 11) is 1.89. The van der Waals surface area contributed by atoms with Crippen LogP contribution >= 0.6 is 0 Å². The average molecular weight is 271 g/mol. The second-order valence-electron chi connectivity index (χ2n) is 4.98. The molecule has 1 atom stereocenters. The molecule has 0 bridgehead atoms. The minimum Gasteiger partial charge on any atom is -0.351 e. The van der Waals surface area contributed by atoms with Crippen molar-refractivity contribution < 1.29 is 4.79 Å². The Morgan fingerprint density at radius 3 is 2.55 bits per heavy atom. The van der Waals surface area contributed by atoms with Crippen LogP contribution in [0.1, 0.15) is 34.2 Å². The molecule has 2 rings (SSSR count). The molecular weight excluding hydrogens is 250 g/mol. The maximum absolute atomic E-state index is 12.0. The summed E-state index contributed by atoms with van der Waals surface area (Å²) in [5.74, 6) is -0.0548. The summed E-state index contributed by atoms with van der Waals surface area (Å²) in [6.45, 7) is 2.54. The van der Waals surface area contributed by atoms with Crippen LogP contribution in [0.5, 0.6) is 0 Å². The van der Waals surface area contributed by atoms with Crippen molar-refractivity contribution in [2.75, 3.05) is 6.54 Å². The van der Waals surface area contributed by atoms with Gasteiger partial charge in [0.15, 0.2) is 0 Å². The summed E-state index contributed by atoms with van der Waals surface area (Å²) < 4.78 is 1.88. The number of aromatic nitrogens is 1. The first-order chi connectivity index (χ1) is 9.59. The molecule has 1 heterocycles. The van der Waals surface area contributed by atoms with Gasteiger partial charge < -0.3 is 15.6 Å². The number of hydrogen-bond donors (Lipinski definition) is 2. The van der Waals surface area contributed by atoms with Gasteiger partial charge in [-0.1, -0.05) is 30.3 Å². The van der Waals surface area contributed by atoms with Gasteiger partial charge in [-0.2, -0.15) is 0 Å². The number of nitrogens with zero attached hydrogens (tertiary/aromatic N) is 1. The number of aryl methyl sites for hydroxylation is 1. The Bertz CT molecular complexity index is 575. The van der Waals surface area contributed by atoms with Gasteiger partial charge in [-0.05, 0) is 31.0 Å². The van der Waals surface area contributed by atoms with Crippen LogP contribution in [0.15, 0.2) is 42.5 Å². The molecule has 0 spiro atoms. The molecule has 0 aliphatic carbocycles. The third-order valence-electron chi connectivity index (χ3n) is 3.57. The molecule has 1 aromatic carbocycles. The van der Waals surface area contributed by atoms with Crippen molar-refractivity contribution in [1.82, 2.24) is 9.88 Å². The molecule has 0 fully saturated rings. The van der Waals surface area contributed by atoms with Crippen molar-refractivity contribution in [3.8, 4) is 0 Å². The van der Waals surface area contributed by atoms with E-state index in [-0.39, 0.29) is 11.9 Å². The number of rotatable bonds is 5. The van der Waals surface area contributed by atoms with Crippen LogP contribution in [0.3, 0.4) is 0 Å². The van der Waals surface area contributed by atoms with Crippen molar-refractivity contribution in [3.05, 3.63) is 59.4 Å². The Kier molecular flexibility index (Phi) is 4.58. The first kappa shape index (κ1) is 14.3. The molecule has 20 heavy (non-hydrogen) atoms. The fourth-order valence-electron chi connectivity index (χ4n) is 2.14. The zero-order valence-corrected chi connectivity index (χ0v) is 12.0. The normalized spacial score (nSPS) is 12.2. The lowest BCUT2D eigenvalue weighted by molar-refractivity contribution is 0.0944. The monoisotopic (exact) mass is 271 g/mol. The Morgan fingerprint density at radius 1 is 1.25 bits per heavy atom. The summed E-state index contributed by atoms with van der Waals surface area (Å²) in [6.07, 6.45) is 0.721. The highest BCUT2D eigenvalue weighted by Gasteiger charge is 2.11. The highest BCUT2D eigenvalue weighted by molar-refractivity contribution is 5.92. The van der Waals surface area contributed by atoms with Gasteiger partial charge in [0.05, 0.1) is 0 Å². The molecule has 1 unspecified atom stereocenters. The molecule has 3 N–H and O–H groups in total. The summed E-state index contributed by atoms with van der Waals surface area (Å²) in [5.41, 5.74) is 8.93. The molecule has 0 aliphatic rings. The fourth-order valence-corrected chi connectivity index (χ4v) is 2.14. The number of benzene rings is 1. The fraction of sp³-hybridized carbons (Fsp3) is 0.312. The molecule has 0 radical (unpaired) electrons. The van der Waals surface area contributed by atoms with Gasteiger partial charge in [0.25, 0.3) is 5.91 Å². The molecular formula is C16H21N3O. The molecule has 2 aromatic rings. The minimum absolute atomic E-state index is 0.0494. The van der Waals surface area contributed by atoms with Gasteiger partial charge in [-0.25, -0.2) is 0 Å². The maximum atomic E-state index is 12.0. The van der Waals surface area contributed by atoms with E-state index in [1.165, 1.54) is 0 Å². The van der Waals surface area contributed by atoms with E-state index in [0.717, 1.165) is 17.7 Å². The van der Waals surface area contributed by atoms with E-state index in [1.807, 2.05) is 61.0 Å². The Labute approximate surface area is 119 Å². The van der Waals surface area contributed by atoms with Crippen LogP contribution in [0.2, 0.25) is 0 Å². The SMILES string of the molecule is Cc1ccc(C(=O)NCCC(N)c2ccccc2)n1C. The number of hydrogen-bond acceptors (Lipinski definition) is 2. The number of nitrogens with two attached hydrogens (primary N) is 1. The second kappa shape index (κ2) is 6.39.